The quantitative estimate of drug-likeness (QED) is 0.628. The highest BCUT2D eigenvalue weighted by atomic mass is 14.8. The van der Waals surface area contributed by atoms with E-state index in [2.05, 4.69) is 27.7 Å². The Morgan fingerprint density at radius 2 is 1.73 bits per heavy atom. The highest BCUT2D eigenvalue weighted by Crippen LogP contribution is 2.87. The molecule has 0 amide bonds. The molecule has 0 aliphatic heterocycles. The van der Waals surface area contributed by atoms with Gasteiger partial charge in [-0.15, -0.1) is 0 Å². The van der Waals surface area contributed by atoms with Crippen molar-refractivity contribution >= 4 is 0 Å². The van der Waals surface area contributed by atoms with Crippen LogP contribution in [0.15, 0.2) is 0 Å². The van der Waals surface area contributed by atoms with Crippen molar-refractivity contribution in [2.45, 2.75) is 66.2 Å². The second kappa shape index (κ2) is 2.63. The Balaban J connectivity index is 1.65. The van der Waals surface area contributed by atoms with Crippen molar-refractivity contribution in [3.8, 4) is 0 Å². The van der Waals surface area contributed by atoms with E-state index in [1.807, 2.05) is 0 Å². The lowest BCUT2D eigenvalue weighted by molar-refractivity contribution is 0.361. The Kier molecular flexibility index (Phi) is 1.78. The van der Waals surface area contributed by atoms with Crippen LogP contribution in [0.3, 0.4) is 0 Å². The summed E-state index contributed by atoms with van der Waals surface area (Å²) in [5, 5.41) is 0. The highest BCUT2D eigenvalue weighted by molar-refractivity contribution is 5.28. The molecule has 3 rings (SSSR count). The van der Waals surface area contributed by atoms with Crippen molar-refractivity contribution in [3.05, 3.63) is 0 Å². The first-order chi connectivity index (χ1) is 7.01. The number of hydrogen-bond donors (Lipinski definition) is 0. The summed E-state index contributed by atoms with van der Waals surface area (Å²) in [7, 11) is 0. The van der Waals surface area contributed by atoms with Gasteiger partial charge in [0.2, 0.25) is 0 Å². The zero-order chi connectivity index (χ0) is 10.9. The van der Waals surface area contributed by atoms with E-state index in [1.165, 1.54) is 25.7 Å². The molecule has 0 nitrogen and oxygen atoms in total. The SMILES string of the molecule is CCCC1(CC)CC1C1CC12CC2(C)C. The van der Waals surface area contributed by atoms with Crippen LogP contribution in [-0.4, -0.2) is 0 Å². The van der Waals surface area contributed by atoms with Gasteiger partial charge in [-0.2, -0.15) is 0 Å². The predicted molar refractivity (Wildman–Crippen MR) is 64.7 cm³/mol. The van der Waals surface area contributed by atoms with E-state index in [0.29, 0.717) is 5.41 Å². The van der Waals surface area contributed by atoms with Gasteiger partial charge in [0.15, 0.2) is 0 Å². The monoisotopic (exact) mass is 206 g/mol. The van der Waals surface area contributed by atoms with Gasteiger partial charge in [-0.25, -0.2) is 0 Å². The Hall–Kier alpha value is 0. The van der Waals surface area contributed by atoms with E-state index in [-0.39, 0.29) is 0 Å². The first kappa shape index (κ1) is 10.2. The second-order valence-corrected chi connectivity index (χ2v) is 7.30. The normalized spacial score (nSPS) is 54.4. The van der Waals surface area contributed by atoms with Crippen LogP contribution in [0.4, 0.5) is 0 Å². The first-order valence-corrected chi connectivity index (χ1v) is 7.01. The molecule has 1 spiro atoms. The molecule has 0 heteroatoms. The van der Waals surface area contributed by atoms with E-state index in [1.54, 1.807) is 12.8 Å². The minimum atomic E-state index is 0.714. The van der Waals surface area contributed by atoms with Gasteiger partial charge in [0, 0.05) is 0 Å². The summed E-state index contributed by atoms with van der Waals surface area (Å²) in [5.74, 6) is 2.27. The molecule has 0 heterocycles. The molecule has 0 aromatic carbocycles. The van der Waals surface area contributed by atoms with Gasteiger partial charge in [0.25, 0.3) is 0 Å². The van der Waals surface area contributed by atoms with Crippen molar-refractivity contribution < 1.29 is 0 Å². The van der Waals surface area contributed by atoms with Crippen molar-refractivity contribution in [2.75, 3.05) is 0 Å². The lowest BCUT2D eigenvalue weighted by Gasteiger charge is -2.14. The fourth-order valence-electron chi connectivity index (χ4n) is 4.90. The Bertz CT molecular complexity index is 290. The van der Waals surface area contributed by atoms with Crippen LogP contribution < -0.4 is 0 Å². The molecule has 15 heavy (non-hydrogen) atoms. The van der Waals surface area contributed by atoms with Crippen LogP contribution in [0.2, 0.25) is 0 Å². The average molecular weight is 206 g/mol. The Morgan fingerprint density at radius 3 is 2.13 bits per heavy atom. The summed E-state index contributed by atoms with van der Waals surface area (Å²) in [4.78, 5) is 0. The molecule has 3 aliphatic carbocycles. The van der Waals surface area contributed by atoms with Crippen LogP contribution >= 0.6 is 0 Å². The first-order valence-electron chi connectivity index (χ1n) is 7.01. The maximum Gasteiger partial charge on any atom is -0.0206 e. The molecule has 0 bridgehead atoms. The van der Waals surface area contributed by atoms with Crippen molar-refractivity contribution in [3.63, 3.8) is 0 Å². The molecular weight excluding hydrogens is 180 g/mol. The van der Waals surface area contributed by atoms with Crippen LogP contribution in [0.5, 0.6) is 0 Å². The number of rotatable bonds is 4. The molecule has 86 valence electrons. The minimum Gasteiger partial charge on any atom is -0.0654 e. The summed E-state index contributed by atoms with van der Waals surface area (Å²) >= 11 is 0. The standard InChI is InChI=1S/C15H26/c1-5-7-14(6-2)8-11(14)12-9-15(12)10-13(15,3)4/h11-12H,5-10H2,1-4H3. The fraction of sp³-hybridized carbons (Fsp3) is 1.00. The lowest BCUT2D eigenvalue weighted by atomic mass is 9.91. The zero-order valence-corrected chi connectivity index (χ0v) is 10.9. The third-order valence-corrected chi connectivity index (χ3v) is 6.30. The van der Waals surface area contributed by atoms with Crippen molar-refractivity contribution in [2.24, 2.45) is 28.1 Å². The van der Waals surface area contributed by atoms with Gasteiger partial charge >= 0.3 is 0 Å². The van der Waals surface area contributed by atoms with Gasteiger partial charge in [0.1, 0.15) is 0 Å². The van der Waals surface area contributed by atoms with Crippen molar-refractivity contribution in [1.29, 1.82) is 0 Å². The molecule has 4 unspecified atom stereocenters. The van der Waals surface area contributed by atoms with E-state index >= 15 is 0 Å². The smallest absolute Gasteiger partial charge is 0.0206 e. The summed E-state index contributed by atoms with van der Waals surface area (Å²) in [6.45, 7) is 9.75. The zero-order valence-electron chi connectivity index (χ0n) is 10.9. The van der Waals surface area contributed by atoms with Crippen LogP contribution in [0.25, 0.3) is 0 Å². The van der Waals surface area contributed by atoms with Gasteiger partial charge in [-0.05, 0) is 53.8 Å². The molecule has 0 saturated heterocycles. The third kappa shape index (κ3) is 1.14. The average Bonchev–Trinajstić information content (AvgIpc) is 3.02. The molecular formula is C15H26. The summed E-state index contributed by atoms with van der Waals surface area (Å²) in [6, 6.07) is 0. The largest absolute Gasteiger partial charge is 0.0654 e. The van der Waals surface area contributed by atoms with Crippen LogP contribution in [0.1, 0.15) is 66.2 Å². The van der Waals surface area contributed by atoms with Crippen LogP contribution in [-0.2, 0) is 0 Å². The predicted octanol–water partition coefficient (Wildman–Crippen LogP) is 4.64. The van der Waals surface area contributed by atoms with Crippen molar-refractivity contribution in [1.82, 2.24) is 0 Å². The van der Waals surface area contributed by atoms with E-state index in [4.69, 9.17) is 0 Å². The molecule has 0 radical (unpaired) electrons. The molecule has 4 atom stereocenters. The second-order valence-electron chi connectivity index (χ2n) is 7.30. The van der Waals surface area contributed by atoms with E-state index in [9.17, 15) is 0 Å². The van der Waals surface area contributed by atoms with E-state index in [0.717, 1.165) is 22.7 Å². The summed E-state index contributed by atoms with van der Waals surface area (Å²) in [6.07, 6.45) is 9.02. The Labute approximate surface area is 94.8 Å². The van der Waals surface area contributed by atoms with Gasteiger partial charge in [-0.1, -0.05) is 40.5 Å². The highest BCUT2D eigenvalue weighted by Gasteiger charge is 2.79. The number of hydrogen-bond acceptors (Lipinski definition) is 0. The molecule has 3 aliphatic rings. The maximum atomic E-state index is 2.49. The third-order valence-electron chi connectivity index (χ3n) is 6.30. The summed E-state index contributed by atoms with van der Waals surface area (Å²) in [5.41, 5.74) is 2.37. The molecule has 3 saturated carbocycles. The van der Waals surface area contributed by atoms with Gasteiger partial charge in [0.05, 0.1) is 0 Å². The van der Waals surface area contributed by atoms with Crippen LogP contribution in [0, 0.1) is 28.1 Å². The molecule has 0 N–H and O–H groups in total. The Morgan fingerprint density at radius 1 is 1.07 bits per heavy atom. The molecule has 0 aromatic heterocycles. The van der Waals surface area contributed by atoms with E-state index < -0.39 is 0 Å². The minimum absolute atomic E-state index is 0.714. The molecule has 3 fully saturated rings. The fourth-order valence-corrected chi connectivity index (χ4v) is 4.90. The molecule has 0 aromatic rings. The van der Waals surface area contributed by atoms with Gasteiger partial charge < -0.3 is 0 Å². The van der Waals surface area contributed by atoms with Gasteiger partial charge in [-0.3, -0.25) is 0 Å². The summed E-state index contributed by atoms with van der Waals surface area (Å²) < 4.78 is 0. The topological polar surface area (TPSA) is 0 Å². The lowest BCUT2D eigenvalue weighted by Crippen LogP contribution is -2.05. The maximum absolute atomic E-state index is 2.49.